The molecule has 8 nitrogen and oxygen atoms in total. The normalized spacial score (nSPS) is 19.9. The zero-order valence-electron chi connectivity index (χ0n) is 20.5. The monoisotopic (exact) mass is 527 g/mol. The zero-order valence-corrected chi connectivity index (χ0v) is 20.5. The molecule has 2 aliphatic rings. The molecule has 0 amide bonds. The van der Waals surface area contributed by atoms with Gasteiger partial charge in [0.25, 0.3) is 0 Å². The number of carboxylic acids is 1. The first kappa shape index (κ1) is 25.8. The summed E-state index contributed by atoms with van der Waals surface area (Å²) in [4.78, 5) is 21.4. The van der Waals surface area contributed by atoms with Crippen molar-refractivity contribution in [2.24, 2.45) is 5.41 Å². The van der Waals surface area contributed by atoms with Gasteiger partial charge in [-0.25, -0.2) is 0 Å². The maximum atomic E-state index is 14.1. The molecule has 11 heteroatoms. The maximum absolute atomic E-state index is 14.1. The highest BCUT2D eigenvalue weighted by Gasteiger charge is 2.45. The van der Waals surface area contributed by atoms with Gasteiger partial charge in [-0.05, 0) is 35.8 Å². The molecule has 38 heavy (non-hydrogen) atoms. The summed E-state index contributed by atoms with van der Waals surface area (Å²) >= 11 is 0. The summed E-state index contributed by atoms with van der Waals surface area (Å²) in [6, 6.07) is 16.2. The lowest BCUT2D eigenvalue weighted by Gasteiger charge is -2.39. The summed E-state index contributed by atoms with van der Waals surface area (Å²) in [5.41, 5.74) is 7.36. The second kappa shape index (κ2) is 10.1. The van der Waals surface area contributed by atoms with E-state index in [2.05, 4.69) is 15.3 Å². The van der Waals surface area contributed by atoms with Gasteiger partial charge in [0, 0.05) is 31.3 Å². The fourth-order valence-corrected chi connectivity index (χ4v) is 5.26. The number of alkyl halides is 3. The highest BCUT2D eigenvalue weighted by Crippen LogP contribution is 2.41. The predicted molar refractivity (Wildman–Crippen MR) is 136 cm³/mol. The van der Waals surface area contributed by atoms with Crippen molar-refractivity contribution in [3.63, 3.8) is 0 Å². The number of ether oxygens (including phenoxy) is 1. The number of hydrogen-bond acceptors (Lipinski definition) is 7. The Hall–Kier alpha value is -3.86. The third-order valence-corrected chi connectivity index (χ3v) is 7.37. The minimum absolute atomic E-state index is 0.0578. The van der Waals surface area contributed by atoms with Crippen molar-refractivity contribution in [3.8, 4) is 17.0 Å². The Morgan fingerprint density at radius 3 is 2.34 bits per heavy atom. The molecule has 2 fully saturated rings. The van der Waals surface area contributed by atoms with Crippen LogP contribution < -0.4 is 20.7 Å². The number of halogens is 3. The van der Waals surface area contributed by atoms with Crippen LogP contribution in [0.25, 0.3) is 11.1 Å². The number of nitrogen functional groups attached to an aromatic ring is 1. The molecule has 0 radical (unpaired) electrons. The maximum Gasteiger partial charge on any atom is 0.429 e. The van der Waals surface area contributed by atoms with E-state index in [-0.39, 0.29) is 22.8 Å². The molecule has 3 heterocycles. The summed E-state index contributed by atoms with van der Waals surface area (Å²) in [7, 11) is 0. The van der Waals surface area contributed by atoms with Gasteiger partial charge >= 0.3 is 12.1 Å². The Balaban J connectivity index is 1.32. The van der Waals surface area contributed by atoms with Gasteiger partial charge < -0.3 is 25.8 Å². The van der Waals surface area contributed by atoms with Crippen LogP contribution in [-0.2, 0) is 4.79 Å². The minimum Gasteiger partial charge on any atom is -0.480 e. The predicted octanol–water partition coefficient (Wildman–Crippen LogP) is 4.44. The van der Waals surface area contributed by atoms with Gasteiger partial charge in [-0.15, -0.1) is 0 Å². The van der Waals surface area contributed by atoms with E-state index in [1.807, 2.05) is 35.2 Å². The average Bonchev–Trinajstić information content (AvgIpc) is 3.31. The van der Waals surface area contributed by atoms with E-state index in [0.717, 1.165) is 24.0 Å². The second-order valence-corrected chi connectivity index (χ2v) is 9.91. The highest BCUT2D eigenvalue weighted by molar-refractivity contribution is 5.74. The SMILES string of the molecule is Nc1nc(O[C@H](c2ccc(-c3ccccc3)cc2)C(F)(F)F)cc(N2CCC3(CC2)CNC(C(=O)O)C3)n1. The summed E-state index contributed by atoms with van der Waals surface area (Å²) in [5, 5.41) is 12.4. The van der Waals surface area contributed by atoms with Crippen LogP contribution >= 0.6 is 0 Å². The number of hydrogen-bond donors (Lipinski definition) is 3. The molecule has 0 aliphatic carbocycles. The number of benzene rings is 2. The fourth-order valence-electron chi connectivity index (χ4n) is 5.26. The average molecular weight is 528 g/mol. The van der Waals surface area contributed by atoms with Gasteiger partial charge in [0.2, 0.25) is 17.9 Å². The summed E-state index contributed by atoms with van der Waals surface area (Å²) in [6.45, 7) is 1.75. The molecule has 1 spiro atoms. The molecule has 0 saturated carbocycles. The van der Waals surface area contributed by atoms with E-state index in [9.17, 15) is 23.1 Å². The van der Waals surface area contributed by atoms with E-state index in [1.54, 1.807) is 12.1 Å². The van der Waals surface area contributed by atoms with Crippen molar-refractivity contribution < 1.29 is 27.8 Å². The summed E-state index contributed by atoms with van der Waals surface area (Å²) < 4.78 is 47.6. The Morgan fingerprint density at radius 1 is 1.08 bits per heavy atom. The van der Waals surface area contributed by atoms with Gasteiger partial charge in [-0.3, -0.25) is 4.79 Å². The number of carbonyl (C=O) groups is 1. The number of piperidine rings is 1. The number of nitrogens with two attached hydrogens (primary N) is 1. The fraction of sp³-hybridized carbons (Fsp3) is 0.370. The van der Waals surface area contributed by atoms with Crippen LogP contribution in [0, 0.1) is 5.41 Å². The van der Waals surface area contributed by atoms with Crippen LogP contribution in [0.15, 0.2) is 60.7 Å². The number of aromatic nitrogens is 2. The van der Waals surface area contributed by atoms with Crippen molar-refractivity contribution in [1.29, 1.82) is 0 Å². The van der Waals surface area contributed by atoms with Crippen molar-refractivity contribution in [2.45, 2.75) is 37.6 Å². The summed E-state index contributed by atoms with van der Waals surface area (Å²) in [6.07, 6.45) is -4.93. The van der Waals surface area contributed by atoms with Crippen molar-refractivity contribution in [1.82, 2.24) is 15.3 Å². The van der Waals surface area contributed by atoms with Gasteiger partial charge in [0.05, 0.1) is 0 Å². The Kier molecular flexibility index (Phi) is 6.87. The van der Waals surface area contributed by atoms with E-state index >= 15 is 0 Å². The molecule has 2 atom stereocenters. The molecule has 1 unspecified atom stereocenters. The molecule has 2 saturated heterocycles. The molecule has 5 rings (SSSR count). The van der Waals surface area contributed by atoms with E-state index in [0.29, 0.717) is 31.9 Å². The van der Waals surface area contributed by atoms with Crippen molar-refractivity contribution >= 4 is 17.7 Å². The first-order chi connectivity index (χ1) is 18.1. The summed E-state index contributed by atoms with van der Waals surface area (Å²) in [5.74, 6) is -0.936. The lowest BCUT2D eigenvalue weighted by atomic mass is 9.76. The van der Waals surface area contributed by atoms with Gasteiger partial charge in [0.1, 0.15) is 11.9 Å². The first-order valence-electron chi connectivity index (χ1n) is 12.4. The van der Waals surface area contributed by atoms with Crippen LogP contribution in [-0.4, -0.2) is 52.9 Å². The van der Waals surface area contributed by atoms with Gasteiger partial charge in [-0.2, -0.15) is 23.1 Å². The van der Waals surface area contributed by atoms with Gasteiger partial charge in [0.15, 0.2) is 0 Å². The molecule has 2 aromatic carbocycles. The quantitative estimate of drug-likeness (QED) is 0.431. The van der Waals surface area contributed by atoms with Crippen LogP contribution in [0.4, 0.5) is 24.9 Å². The smallest absolute Gasteiger partial charge is 0.429 e. The minimum atomic E-state index is -4.69. The first-order valence-corrected chi connectivity index (χ1v) is 12.4. The standard InChI is InChI=1S/C27H28F3N5O3/c28-27(29,30)23(19-8-6-18(7-9-19)17-4-2-1-3-5-17)38-22-14-21(33-25(31)34-22)35-12-10-26(11-13-35)15-20(24(36)37)32-16-26/h1-9,14,20,23,32H,10-13,15-16H2,(H,36,37)(H2,31,33,34)/t20?,23-/m1/s1. The van der Waals surface area contributed by atoms with Crippen molar-refractivity contribution in [2.75, 3.05) is 30.3 Å². The highest BCUT2D eigenvalue weighted by atomic mass is 19.4. The molecule has 200 valence electrons. The molecular formula is C27H28F3N5O3. The lowest BCUT2D eigenvalue weighted by molar-refractivity contribution is -0.198. The number of rotatable bonds is 6. The molecular weight excluding hydrogens is 499 g/mol. The van der Waals surface area contributed by atoms with Crippen molar-refractivity contribution in [3.05, 3.63) is 66.2 Å². The van der Waals surface area contributed by atoms with Crippen LogP contribution in [0.5, 0.6) is 5.88 Å². The number of carboxylic acid groups (broad SMARTS) is 1. The van der Waals surface area contributed by atoms with Crippen LogP contribution in [0.2, 0.25) is 0 Å². The number of nitrogens with one attached hydrogen (secondary N) is 1. The third-order valence-electron chi connectivity index (χ3n) is 7.37. The molecule has 2 aliphatic heterocycles. The third kappa shape index (κ3) is 5.52. The lowest BCUT2D eigenvalue weighted by Crippen LogP contribution is -2.41. The molecule has 1 aromatic heterocycles. The van der Waals surface area contributed by atoms with Gasteiger partial charge in [-0.1, -0.05) is 54.6 Å². The Bertz CT molecular complexity index is 1280. The molecule has 3 aromatic rings. The number of aliphatic carboxylic acids is 1. The Labute approximate surface area is 217 Å². The number of nitrogens with zero attached hydrogens (tertiary/aromatic N) is 3. The number of anilines is 2. The topological polar surface area (TPSA) is 114 Å². The van der Waals surface area contributed by atoms with E-state index in [4.69, 9.17) is 10.5 Å². The van der Waals surface area contributed by atoms with E-state index < -0.39 is 24.3 Å². The molecule has 0 bridgehead atoms. The largest absolute Gasteiger partial charge is 0.480 e. The zero-order chi connectivity index (χ0) is 26.9. The van der Waals surface area contributed by atoms with Crippen LogP contribution in [0.3, 0.4) is 0 Å². The van der Waals surface area contributed by atoms with E-state index in [1.165, 1.54) is 18.2 Å². The second-order valence-electron chi connectivity index (χ2n) is 9.91. The Morgan fingerprint density at radius 2 is 1.74 bits per heavy atom. The molecule has 4 N–H and O–H groups in total. The van der Waals surface area contributed by atoms with Crippen LogP contribution in [0.1, 0.15) is 30.9 Å².